The average molecular weight is 632 g/mol. The van der Waals surface area contributed by atoms with Gasteiger partial charge in [-0.2, -0.15) is 4.39 Å². The largest absolute Gasteiger partial charge is 0.378 e. The highest BCUT2D eigenvalue weighted by molar-refractivity contribution is 5.89. The second-order valence-corrected chi connectivity index (χ2v) is 14.3. The van der Waals surface area contributed by atoms with Crippen LogP contribution in [0.5, 0.6) is 0 Å². The molecule has 3 heterocycles. The number of hydrogen-bond donors (Lipinski definition) is 3. The monoisotopic (exact) mass is 631 g/mol. The number of hydroxylamine groups is 2. The Labute approximate surface area is 265 Å². The number of fused-ring (bicyclic) bond motifs is 3. The van der Waals surface area contributed by atoms with Crippen molar-refractivity contribution >= 4 is 29.7 Å². The lowest BCUT2D eigenvalue weighted by Crippen LogP contribution is -2.58. The first kappa shape index (κ1) is 33.5. The number of halogens is 1. The van der Waals surface area contributed by atoms with Crippen LogP contribution in [0.4, 0.5) is 16.0 Å². The normalized spacial score (nSPS) is 28.2. The number of rotatable bonds is 9. The molecule has 2 saturated heterocycles. The number of ketones is 1. The lowest BCUT2D eigenvalue weighted by Gasteiger charge is -2.44. The first-order chi connectivity index (χ1) is 21.4. The summed E-state index contributed by atoms with van der Waals surface area (Å²) < 4.78 is 21.0. The van der Waals surface area contributed by atoms with Gasteiger partial charge in [-0.05, 0) is 43.4 Å². The van der Waals surface area contributed by atoms with Crippen LogP contribution < -0.4 is 15.8 Å². The van der Waals surface area contributed by atoms with Crippen molar-refractivity contribution in [3.63, 3.8) is 0 Å². The number of Topliss-reactive ketones (excluding diaryl/α,β-unsaturated/α-hetero) is 1. The van der Waals surface area contributed by atoms with Crippen molar-refractivity contribution in [2.24, 2.45) is 28.6 Å². The second kappa shape index (κ2) is 13.8. The zero-order chi connectivity index (χ0) is 32.4. The van der Waals surface area contributed by atoms with Gasteiger partial charge in [-0.3, -0.25) is 35.3 Å². The number of morpholine rings is 1. The van der Waals surface area contributed by atoms with Gasteiger partial charge in [-0.15, -0.1) is 0 Å². The minimum Gasteiger partial charge on any atom is -0.378 e. The topological polar surface area (TPSA) is 140 Å². The predicted octanol–water partition coefficient (Wildman–Crippen LogP) is 3.33. The Kier molecular flexibility index (Phi) is 10.3. The van der Waals surface area contributed by atoms with Gasteiger partial charge < -0.3 is 9.64 Å². The summed E-state index contributed by atoms with van der Waals surface area (Å²) in [6.07, 6.45) is 8.34. The maximum Gasteiger partial charge on any atom is 0.243 e. The fourth-order valence-electron chi connectivity index (χ4n) is 8.08. The molecule has 4 atom stereocenters. The number of hydrogen-bond acceptors (Lipinski definition) is 10. The summed E-state index contributed by atoms with van der Waals surface area (Å²) in [5.74, 6) is 0.310. The smallest absolute Gasteiger partial charge is 0.243 e. The van der Waals surface area contributed by atoms with Crippen LogP contribution >= 0.6 is 0 Å². The Bertz CT molecular complexity index is 1240. The minimum atomic E-state index is -0.639. The van der Waals surface area contributed by atoms with Crippen molar-refractivity contribution in [1.82, 2.24) is 25.4 Å². The van der Waals surface area contributed by atoms with Crippen molar-refractivity contribution in [1.29, 1.82) is 0 Å². The van der Waals surface area contributed by atoms with Crippen molar-refractivity contribution < 1.29 is 28.7 Å². The molecule has 3 N–H and O–H groups in total. The second-order valence-electron chi connectivity index (χ2n) is 14.3. The molecule has 5 fully saturated rings. The highest BCUT2D eigenvalue weighted by Crippen LogP contribution is 2.63. The summed E-state index contributed by atoms with van der Waals surface area (Å²) in [7, 11) is 0. The molecule has 6 rings (SSSR count). The third-order valence-electron chi connectivity index (χ3n) is 11.5. The molecule has 0 aromatic carbocycles. The van der Waals surface area contributed by atoms with Gasteiger partial charge in [0, 0.05) is 38.0 Å². The summed E-state index contributed by atoms with van der Waals surface area (Å²) in [6.45, 7) is 12.4. The van der Waals surface area contributed by atoms with Gasteiger partial charge in [-0.1, -0.05) is 46.5 Å². The molecule has 2 aliphatic heterocycles. The lowest BCUT2D eigenvalue weighted by atomic mass is 9.70. The van der Waals surface area contributed by atoms with Crippen LogP contribution in [0.15, 0.2) is 0 Å². The van der Waals surface area contributed by atoms with E-state index in [0.717, 1.165) is 51.6 Å². The molecular weight excluding hydrogens is 581 g/mol. The van der Waals surface area contributed by atoms with Crippen molar-refractivity contribution in [2.45, 2.75) is 85.1 Å². The number of anilines is 2. The number of carbonyl (C=O) groups excluding carboxylic acids is 3. The van der Waals surface area contributed by atoms with Crippen molar-refractivity contribution in [3.8, 4) is 0 Å². The number of nitrogens with zero attached hydrogens (tertiary/aromatic N) is 5. The number of ether oxygens (including phenoxy) is 1. The van der Waals surface area contributed by atoms with E-state index < -0.39 is 17.6 Å². The minimum absolute atomic E-state index is 0.0255. The van der Waals surface area contributed by atoms with Crippen molar-refractivity contribution in [2.75, 3.05) is 56.3 Å². The van der Waals surface area contributed by atoms with Gasteiger partial charge in [0.2, 0.25) is 18.1 Å². The number of piperazine rings is 1. The van der Waals surface area contributed by atoms with E-state index in [9.17, 15) is 19.6 Å². The summed E-state index contributed by atoms with van der Waals surface area (Å²) in [5, 5.41) is 10.1. The van der Waals surface area contributed by atoms with E-state index >= 15 is 4.39 Å². The zero-order valence-corrected chi connectivity index (χ0v) is 27.2. The Balaban J connectivity index is 0.000000304. The Morgan fingerprint density at radius 2 is 1.96 bits per heavy atom. The van der Waals surface area contributed by atoms with E-state index in [1.54, 1.807) is 6.92 Å². The number of amides is 2. The van der Waals surface area contributed by atoms with Crippen LogP contribution in [-0.4, -0.2) is 95.2 Å². The molecule has 5 aliphatic rings. The first-order valence-electron chi connectivity index (χ1n) is 16.5. The molecule has 2 unspecified atom stereocenters. The molecular formula is C32H50FN7O5. The molecule has 2 bridgehead atoms. The lowest BCUT2D eigenvalue weighted by molar-refractivity contribution is -0.154. The predicted molar refractivity (Wildman–Crippen MR) is 166 cm³/mol. The maximum absolute atomic E-state index is 15.4. The van der Waals surface area contributed by atoms with Crippen molar-refractivity contribution in [3.05, 3.63) is 11.6 Å². The molecule has 13 heteroatoms. The maximum atomic E-state index is 15.4. The third-order valence-corrected chi connectivity index (χ3v) is 11.5. The van der Waals surface area contributed by atoms with E-state index in [-0.39, 0.29) is 41.5 Å². The first-order valence-corrected chi connectivity index (χ1v) is 16.5. The number of aromatic nitrogens is 2. The van der Waals surface area contributed by atoms with Crippen LogP contribution in [0.3, 0.4) is 0 Å². The van der Waals surface area contributed by atoms with E-state index in [0.29, 0.717) is 61.2 Å². The molecule has 0 radical (unpaired) electrons. The average Bonchev–Trinajstić information content (AvgIpc) is 3.67. The van der Waals surface area contributed by atoms with Crippen LogP contribution in [-0.2, 0) is 19.1 Å². The van der Waals surface area contributed by atoms with E-state index in [2.05, 4.69) is 46.5 Å². The zero-order valence-electron chi connectivity index (χ0n) is 27.2. The SMILES string of the molecule is CC12CCC(CC1=O)C2(C)C.Cc1nc(NNC(=O)[C@H](CC2CCCC2)CN(O)C=O)c(F)c(N2CCN3CCOC[C@@H]3C2)n1. The molecule has 45 heavy (non-hydrogen) atoms. The highest BCUT2D eigenvalue weighted by Gasteiger charge is 2.61. The summed E-state index contributed by atoms with van der Waals surface area (Å²) in [6, 6.07) is 0.184. The third kappa shape index (κ3) is 7.10. The van der Waals surface area contributed by atoms with E-state index in [1.165, 1.54) is 6.42 Å². The van der Waals surface area contributed by atoms with Crippen LogP contribution in [0.25, 0.3) is 0 Å². The van der Waals surface area contributed by atoms with Gasteiger partial charge in [-0.25, -0.2) is 15.0 Å². The highest BCUT2D eigenvalue weighted by atomic mass is 19.1. The van der Waals surface area contributed by atoms with Gasteiger partial charge in [0.05, 0.1) is 31.7 Å². The fourth-order valence-corrected chi connectivity index (χ4v) is 8.08. The number of carbonyl (C=O) groups is 3. The Hall–Kier alpha value is -2.90. The standard InChI is InChI=1S/C22H34FN7O4.C10H16O/c1-15-24-20(19(23)21(25-15)29-7-6-28-8-9-34-13-18(28)12-29)26-27-22(32)17(11-30(33)14-31)10-16-4-2-3-5-16;1-9(2)7-4-5-10(9,3)8(11)6-7/h14,16-18,33H,2-13H2,1H3,(H,27,32)(H,24,25,26);7H,4-6H2,1-3H3/t17-,18+;/m1./s1. The molecule has 0 spiro atoms. The summed E-state index contributed by atoms with van der Waals surface area (Å²) in [4.78, 5) is 48.0. The number of aryl methyl sites for hydroxylation is 1. The molecule has 3 aliphatic carbocycles. The molecule has 250 valence electrons. The molecule has 3 saturated carbocycles. The van der Waals surface area contributed by atoms with Crippen LogP contribution in [0.1, 0.15) is 78.0 Å². The molecule has 2 amide bonds. The van der Waals surface area contributed by atoms with Gasteiger partial charge >= 0.3 is 0 Å². The number of nitrogens with one attached hydrogen (secondary N) is 2. The molecule has 12 nitrogen and oxygen atoms in total. The van der Waals surface area contributed by atoms with Crippen LogP contribution in [0.2, 0.25) is 0 Å². The molecule has 1 aromatic heterocycles. The summed E-state index contributed by atoms with van der Waals surface area (Å²) >= 11 is 0. The van der Waals surface area contributed by atoms with Gasteiger partial charge in [0.15, 0.2) is 11.6 Å². The van der Waals surface area contributed by atoms with Crippen LogP contribution in [0, 0.1) is 41.3 Å². The van der Waals surface area contributed by atoms with E-state index in [1.807, 2.05) is 4.90 Å². The van der Waals surface area contributed by atoms with Gasteiger partial charge in [0.1, 0.15) is 11.6 Å². The number of hydrazine groups is 1. The van der Waals surface area contributed by atoms with E-state index in [4.69, 9.17) is 4.74 Å². The summed E-state index contributed by atoms with van der Waals surface area (Å²) in [5.41, 5.74) is 5.44. The van der Waals surface area contributed by atoms with Gasteiger partial charge in [0.25, 0.3) is 0 Å². The molecule has 1 aromatic rings. The Morgan fingerprint density at radius 3 is 2.58 bits per heavy atom. The quantitative estimate of drug-likeness (QED) is 0.211. The fraction of sp³-hybridized carbons (Fsp3) is 0.781. The Morgan fingerprint density at radius 1 is 1.20 bits per heavy atom.